The van der Waals surface area contributed by atoms with Crippen molar-refractivity contribution in [2.24, 2.45) is 0 Å². The van der Waals surface area contributed by atoms with Crippen LogP contribution >= 0.6 is 11.9 Å². The first-order chi connectivity index (χ1) is 6.19. The highest BCUT2D eigenvalue weighted by molar-refractivity contribution is 6.16. The summed E-state index contributed by atoms with van der Waals surface area (Å²) in [4.78, 5) is 11.1. The second-order valence-corrected chi connectivity index (χ2v) is 2.69. The maximum absolute atomic E-state index is 11.1. The average Bonchev–Trinajstić information content (AvgIpc) is 2.17. The number of terminal acetylenes is 1. The van der Waals surface area contributed by atoms with Crippen molar-refractivity contribution in [3.8, 4) is 12.3 Å². The van der Waals surface area contributed by atoms with E-state index in [0.717, 1.165) is 5.56 Å². The summed E-state index contributed by atoms with van der Waals surface area (Å²) in [5.74, 6) is 1.84. The number of hydrogen-bond acceptors (Lipinski definition) is 2. The van der Waals surface area contributed by atoms with Crippen LogP contribution in [-0.2, 0) is 4.29 Å². The van der Waals surface area contributed by atoms with E-state index >= 15 is 0 Å². The molecule has 0 unspecified atom stereocenters. The highest BCUT2D eigenvalue weighted by atomic mass is 35.5. The number of hydrogen-bond donors (Lipinski definition) is 0. The second-order valence-electron chi connectivity index (χ2n) is 2.54. The zero-order valence-electron chi connectivity index (χ0n) is 7.00. The van der Waals surface area contributed by atoms with E-state index in [9.17, 15) is 4.79 Å². The highest BCUT2D eigenvalue weighted by Crippen LogP contribution is 2.12. The SMILES string of the molecule is C#Cc1ccc(C)c(C(=O)OCl)c1. The van der Waals surface area contributed by atoms with Gasteiger partial charge in [0.05, 0.1) is 5.56 Å². The molecule has 0 fully saturated rings. The molecule has 0 bridgehead atoms. The van der Waals surface area contributed by atoms with Crippen LogP contribution in [0.1, 0.15) is 21.5 Å². The van der Waals surface area contributed by atoms with E-state index in [0.29, 0.717) is 11.1 Å². The second kappa shape index (κ2) is 3.97. The lowest BCUT2D eigenvalue weighted by molar-refractivity contribution is 0.0750. The Bertz CT molecular complexity index is 377. The molecule has 2 nitrogen and oxygen atoms in total. The summed E-state index contributed by atoms with van der Waals surface area (Å²) in [6, 6.07) is 5.07. The van der Waals surface area contributed by atoms with E-state index in [4.69, 9.17) is 18.3 Å². The lowest BCUT2D eigenvalue weighted by Gasteiger charge is -2.01. The van der Waals surface area contributed by atoms with Gasteiger partial charge in [0.25, 0.3) is 0 Å². The third kappa shape index (κ3) is 2.01. The number of carbonyl (C=O) groups excluding carboxylic acids is 1. The number of aryl methyl sites for hydroxylation is 1. The molecular weight excluding hydrogens is 188 g/mol. The molecule has 66 valence electrons. The lowest BCUT2D eigenvalue weighted by Crippen LogP contribution is -2.01. The Labute approximate surface area is 81.6 Å². The molecule has 0 amide bonds. The van der Waals surface area contributed by atoms with Gasteiger partial charge in [0.1, 0.15) is 11.9 Å². The molecule has 0 saturated carbocycles. The van der Waals surface area contributed by atoms with E-state index in [1.54, 1.807) is 25.1 Å². The Morgan fingerprint density at radius 3 is 2.85 bits per heavy atom. The van der Waals surface area contributed by atoms with E-state index in [2.05, 4.69) is 10.2 Å². The summed E-state index contributed by atoms with van der Waals surface area (Å²) in [6.07, 6.45) is 5.18. The topological polar surface area (TPSA) is 26.3 Å². The molecule has 13 heavy (non-hydrogen) atoms. The zero-order chi connectivity index (χ0) is 9.84. The van der Waals surface area contributed by atoms with Crippen LogP contribution in [0, 0.1) is 19.3 Å². The molecule has 0 spiro atoms. The largest absolute Gasteiger partial charge is 0.356 e. The quantitative estimate of drug-likeness (QED) is 0.642. The first-order valence-corrected chi connectivity index (χ1v) is 3.90. The number of carbonyl (C=O) groups is 1. The minimum Gasteiger partial charge on any atom is -0.343 e. The normalized spacial score (nSPS) is 9.00. The summed E-state index contributed by atoms with van der Waals surface area (Å²) in [7, 11) is 0. The number of halogens is 1. The van der Waals surface area contributed by atoms with E-state index in [1.807, 2.05) is 0 Å². The molecule has 0 aliphatic carbocycles. The van der Waals surface area contributed by atoms with Crippen LogP contribution in [0.5, 0.6) is 0 Å². The monoisotopic (exact) mass is 194 g/mol. The molecule has 0 aromatic heterocycles. The Kier molecular flexibility index (Phi) is 2.94. The number of rotatable bonds is 1. The first kappa shape index (κ1) is 9.63. The Balaban J connectivity index is 3.20. The zero-order valence-corrected chi connectivity index (χ0v) is 7.76. The van der Waals surface area contributed by atoms with Crippen molar-refractivity contribution in [3.63, 3.8) is 0 Å². The van der Waals surface area contributed by atoms with Crippen molar-refractivity contribution in [2.45, 2.75) is 6.92 Å². The van der Waals surface area contributed by atoms with Crippen LogP contribution < -0.4 is 0 Å². The summed E-state index contributed by atoms with van der Waals surface area (Å²) in [6.45, 7) is 1.78. The van der Waals surface area contributed by atoms with Crippen LogP contribution in [0.4, 0.5) is 0 Å². The van der Waals surface area contributed by atoms with Crippen molar-refractivity contribution >= 4 is 17.8 Å². The van der Waals surface area contributed by atoms with Gasteiger partial charge in [-0.25, -0.2) is 4.79 Å². The van der Waals surface area contributed by atoms with Gasteiger partial charge in [0.2, 0.25) is 0 Å². The van der Waals surface area contributed by atoms with E-state index in [1.165, 1.54) is 0 Å². The molecule has 0 saturated heterocycles. The fourth-order valence-electron chi connectivity index (χ4n) is 0.973. The third-order valence-electron chi connectivity index (χ3n) is 1.69. The van der Waals surface area contributed by atoms with Crippen molar-refractivity contribution < 1.29 is 9.08 Å². The van der Waals surface area contributed by atoms with Crippen molar-refractivity contribution in [3.05, 3.63) is 34.9 Å². The van der Waals surface area contributed by atoms with Gasteiger partial charge in [-0.2, -0.15) is 0 Å². The number of benzene rings is 1. The minimum atomic E-state index is -0.587. The van der Waals surface area contributed by atoms with Crippen molar-refractivity contribution in [2.75, 3.05) is 0 Å². The van der Waals surface area contributed by atoms with Gasteiger partial charge in [-0.1, -0.05) is 12.0 Å². The Morgan fingerprint density at radius 1 is 1.62 bits per heavy atom. The minimum absolute atomic E-state index is 0.394. The molecule has 1 aromatic carbocycles. The van der Waals surface area contributed by atoms with Crippen LogP contribution in [-0.4, -0.2) is 5.97 Å². The molecule has 0 atom stereocenters. The summed E-state index contributed by atoms with van der Waals surface area (Å²) >= 11 is 4.95. The summed E-state index contributed by atoms with van der Waals surface area (Å²) in [5.41, 5.74) is 1.80. The standard InChI is InChI=1S/C10H7ClO2/c1-3-8-5-4-7(2)9(6-8)10(12)13-11/h1,4-6H,2H3. The fourth-order valence-corrected chi connectivity index (χ4v) is 1.06. The highest BCUT2D eigenvalue weighted by Gasteiger charge is 2.09. The fraction of sp³-hybridized carbons (Fsp3) is 0.100. The van der Waals surface area contributed by atoms with Crippen molar-refractivity contribution in [1.82, 2.24) is 0 Å². The van der Waals surface area contributed by atoms with Gasteiger partial charge in [0, 0.05) is 5.56 Å². The Morgan fingerprint density at radius 2 is 2.31 bits per heavy atom. The van der Waals surface area contributed by atoms with Gasteiger partial charge >= 0.3 is 5.97 Å². The molecular formula is C10H7ClO2. The molecule has 0 heterocycles. The molecule has 0 N–H and O–H groups in total. The molecule has 1 aromatic rings. The van der Waals surface area contributed by atoms with Crippen LogP contribution in [0.2, 0.25) is 0 Å². The smallest absolute Gasteiger partial charge is 0.343 e. The summed E-state index contributed by atoms with van der Waals surface area (Å²) < 4.78 is 4.08. The predicted octanol–water partition coefficient (Wildman–Crippen LogP) is 2.29. The van der Waals surface area contributed by atoms with Gasteiger partial charge < -0.3 is 4.29 Å². The van der Waals surface area contributed by atoms with Gasteiger partial charge in [-0.3, -0.25) is 0 Å². The van der Waals surface area contributed by atoms with E-state index in [-0.39, 0.29) is 0 Å². The maximum atomic E-state index is 11.1. The van der Waals surface area contributed by atoms with Gasteiger partial charge in [-0.15, -0.1) is 6.42 Å². The van der Waals surface area contributed by atoms with E-state index < -0.39 is 5.97 Å². The third-order valence-corrected chi connectivity index (χ3v) is 1.83. The summed E-state index contributed by atoms with van der Waals surface area (Å²) in [5, 5.41) is 0. The average molecular weight is 195 g/mol. The molecule has 0 aliphatic rings. The lowest BCUT2D eigenvalue weighted by atomic mass is 10.1. The van der Waals surface area contributed by atoms with Crippen LogP contribution in [0.25, 0.3) is 0 Å². The molecule has 0 aliphatic heterocycles. The first-order valence-electron chi connectivity index (χ1n) is 3.59. The van der Waals surface area contributed by atoms with Crippen molar-refractivity contribution in [1.29, 1.82) is 0 Å². The molecule has 3 heteroatoms. The van der Waals surface area contributed by atoms with Gasteiger partial charge in [-0.05, 0) is 24.6 Å². The molecule has 0 radical (unpaired) electrons. The van der Waals surface area contributed by atoms with Crippen LogP contribution in [0.3, 0.4) is 0 Å². The maximum Gasteiger partial charge on any atom is 0.356 e. The molecule has 1 rings (SSSR count). The Hall–Kier alpha value is -1.46. The predicted molar refractivity (Wildman–Crippen MR) is 50.4 cm³/mol. The van der Waals surface area contributed by atoms with Gasteiger partial charge in [0.15, 0.2) is 0 Å². The van der Waals surface area contributed by atoms with Crippen LogP contribution in [0.15, 0.2) is 18.2 Å².